The smallest absolute Gasteiger partial charge is 0.226 e. The van der Waals surface area contributed by atoms with Gasteiger partial charge in [-0.05, 0) is 87.2 Å². The van der Waals surface area contributed by atoms with E-state index in [1.54, 1.807) is 0 Å². The Morgan fingerprint density at radius 3 is 2.35 bits per heavy atom. The van der Waals surface area contributed by atoms with Crippen LogP contribution < -0.4 is 10.2 Å². The Balaban J connectivity index is 1.14. The van der Waals surface area contributed by atoms with E-state index in [-0.39, 0.29) is 5.41 Å². The van der Waals surface area contributed by atoms with E-state index in [4.69, 9.17) is 0 Å². The van der Waals surface area contributed by atoms with E-state index in [1.807, 2.05) is 18.5 Å². The zero-order chi connectivity index (χ0) is 17.6. The van der Waals surface area contributed by atoms with Crippen molar-refractivity contribution in [3.63, 3.8) is 0 Å². The second kappa shape index (κ2) is 6.54. The average molecular weight is 354 g/mol. The van der Waals surface area contributed by atoms with Crippen molar-refractivity contribution in [2.24, 2.45) is 29.1 Å². The molecule has 1 amide bonds. The van der Waals surface area contributed by atoms with Crippen molar-refractivity contribution in [3.8, 4) is 0 Å². The Kier molecular flexibility index (Phi) is 4.17. The molecule has 4 heteroatoms. The van der Waals surface area contributed by atoms with Crippen LogP contribution in [0.25, 0.3) is 0 Å². The van der Waals surface area contributed by atoms with Crippen LogP contribution in [0.1, 0.15) is 51.4 Å². The number of hydrogen-bond acceptors (Lipinski definition) is 3. The van der Waals surface area contributed by atoms with Crippen LogP contribution in [0.15, 0.2) is 24.5 Å². The third-order valence-corrected chi connectivity index (χ3v) is 7.70. The molecule has 1 aromatic rings. The largest absolute Gasteiger partial charge is 0.370 e. The van der Waals surface area contributed by atoms with Crippen LogP contribution in [0.2, 0.25) is 0 Å². The van der Waals surface area contributed by atoms with Crippen LogP contribution in [0.5, 0.6) is 0 Å². The molecular formula is C22H31N3O. The summed E-state index contributed by atoms with van der Waals surface area (Å²) in [6.45, 7) is 3.02. The molecule has 0 aromatic carbocycles. The summed E-state index contributed by atoms with van der Waals surface area (Å²) in [4.78, 5) is 19.7. The summed E-state index contributed by atoms with van der Waals surface area (Å²) in [7, 11) is 0. The van der Waals surface area contributed by atoms with Crippen molar-refractivity contribution >= 4 is 11.6 Å². The second-order valence-corrected chi connectivity index (χ2v) is 9.55. The standard InChI is InChI=1S/C22H31N3O/c26-21(22-11-17-8-18(12-22)10-19(9-17)13-22)24-14-16-3-6-25(7-4-16)20-2-1-5-23-15-20/h1-2,5,15-19H,3-4,6-14H2,(H,24,26). The van der Waals surface area contributed by atoms with Crippen LogP contribution in [0, 0.1) is 29.1 Å². The van der Waals surface area contributed by atoms with E-state index in [1.165, 1.54) is 44.2 Å². The number of aromatic nitrogens is 1. The van der Waals surface area contributed by atoms with Gasteiger partial charge in [0.1, 0.15) is 0 Å². The molecule has 2 heterocycles. The molecule has 1 aliphatic heterocycles. The van der Waals surface area contributed by atoms with Gasteiger partial charge in [-0.3, -0.25) is 9.78 Å². The summed E-state index contributed by atoms with van der Waals surface area (Å²) >= 11 is 0. The van der Waals surface area contributed by atoms with Gasteiger partial charge in [0.15, 0.2) is 0 Å². The van der Waals surface area contributed by atoms with E-state index in [0.717, 1.165) is 50.2 Å². The lowest BCUT2D eigenvalue weighted by molar-refractivity contribution is -0.146. The van der Waals surface area contributed by atoms with E-state index in [9.17, 15) is 4.79 Å². The topological polar surface area (TPSA) is 45.2 Å². The third kappa shape index (κ3) is 3.01. The van der Waals surface area contributed by atoms with E-state index in [0.29, 0.717) is 11.8 Å². The molecule has 0 radical (unpaired) electrons. The number of anilines is 1. The molecule has 5 aliphatic rings. The van der Waals surface area contributed by atoms with Crippen molar-refractivity contribution in [1.82, 2.24) is 10.3 Å². The van der Waals surface area contributed by atoms with Crippen molar-refractivity contribution in [2.75, 3.05) is 24.5 Å². The number of nitrogens with one attached hydrogen (secondary N) is 1. The number of pyridine rings is 1. The Hall–Kier alpha value is -1.58. The quantitative estimate of drug-likeness (QED) is 0.899. The molecule has 140 valence electrons. The van der Waals surface area contributed by atoms with Crippen LogP contribution >= 0.6 is 0 Å². The molecule has 0 atom stereocenters. The van der Waals surface area contributed by atoms with Crippen molar-refractivity contribution in [2.45, 2.75) is 51.4 Å². The van der Waals surface area contributed by atoms with Crippen LogP contribution in [-0.2, 0) is 4.79 Å². The van der Waals surface area contributed by atoms with Crippen LogP contribution in [0.4, 0.5) is 5.69 Å². The molecule has 26 heavy (non-hydrogen) atoms. The molecule has 1 aromatic heterocycles. The average Bonchev–Trinajstić information content (AvgIpc) is 2.66. The lowest BCUT2D eigenvalue weighted by Gasteiger charge is -2.55. The fraction of sp³-hybridized carbons (Fsp3) is 0.727. The van der Waals surface area contributed by atoms with E-state index < -0.39 is 0 Å². The van der Waals surface area contributed by atoms with Gasteiger partial charge in [0, 0.05) is 31.2 Å². The van der Waals surface area contributed by atoms with E-state index >= 15 is 0 Å². The molecule has 5 fully saturated rings. The highest BCUT2D eigenvalue weighted by molar-refractivity contribution is 5.83. The highest BCUT2D eigenvalue weighted by Gasteiger charge is 2.54. The molecule has 0 spiro atoms. The van der Waals surface area contributed by atoms with Gasteiger partial charge in [-0.25, -0.2) is 0 Å². The Labute approximate surface area is 156 Å². The number of amides is 1. The zero-order valence-corrected chi connectivity index (χ0v) is 15.7. The first-order valence-electron chi connectivity index (χ1n) is 10.6. The van der Waals surface area contributed by atoms with Crippen molar-refractivity contribution < 1.29 is 4.79 Å². The predicted octanol–water partition coefficient (Wildman–Crippen LogP) is 3.63. The normalized spacial score (nSPS) is 36.3. The number of rotatable bonds is 4. The van der Waals surface area contributed by atoms with Gasteiger partial charge in [-0.15, -0.1) is 0 Å². The fourth-order valence-electron chi connectivity index (χ4n) is 6.75. The summed E-state index contributed by atoms with van der Waals surface area (Å²) in [6.07, 6.45) is 13.8. The molecular weight excluding hydrogens is 322 g/mol. The summed E-state index contributed by atoms with van der Waals surface area (Å²) < 4.78 is 0. The van der Waals surface area contributed by atoms with Gasteiger partial charge in [0.25, 0.3) is 0 Å². The fourth-order valence-corrected chi connectivity index (χ4v) is 6.75. The highest BCUT2D eigenvalue weighted by Crippen LogP contribution is 2.60. The molecule has 1 saturated heterocycles. The molecule has 4 nitrogen and oxygen atoms in total. The minimum atomic E-state index is 0.00512. The highest BCUT2D eigenvalue weighted by atomic mass is 16.2. The third-order valence-electron chi connectivity index (χ3n) is 7.70. The first-order valence-corrected chi connectivity index (χ1v) is 10.6. The van der Waals surface area contributed by atoms with Gasteiger partial charge >= 0.3 is 0 Å². The molecule has 1 N–H and O–H groups in total. The maximum absolute atomic E-state index is 13.1. The number of carbonyl (C=O) groups is 1. The SMILES string of the molecule is O=C(NCC1CCN(c2cccnc2)CC1)C12CC3CC(CC(C3)C1)C2. The molecule has 0 unspecified atom stereocenters. The monoisotopic (exact) mass is 353 g/mol. The van der Waals surface area contributed by atoms with Crippen LogP contribution in [-0.4, -0.2) is 30.5 Å². The zero-order valence-electron chi connectivity index (χ0n) is 15.7. The first kappa shape index (κ1) is 16.6. The number of hydrogen-bond donors (Lipinski definition) is 1. The van der Waals surface area contributed by atoms with Gasteiger partial charge < -0.3 is 10.2 Å². The summed E-state index contributed by atoms with van der Waals surface area (Å²) in [5.74, 6) is 3.55. The minimum Gasteiger partial charge on any atom is -0.370 e. The van der Waals surface area contributed by atoms with Crippen molar-refractivity contribution in [1.29, 1.82) is 0 Å². The van der Waals surface area contributed by atoms with Gasteiger partial charge in [-0.2, -0.15) is 0 Å². The predicted molar refractivity (Wildman–Crippen MR) is 103 cm³/mol. The Morgan fingerprint density at radius 2 is 1.77 bits per heavy atom. The Morgan fingerprint density at radius 1 is 1.12 bits per heavy atom. The number of carbonyl (C=O) groups excluding carboxylic acids is 1. The van der Waals surface area contributed by atoms with Crippen LogP contribution in [0.3, 0.4) is 0 Å². The van der Waals surface area contributed by atoms with Crippen molar-refractivity contribution in [3.05, 3.63) is 24.5 Å². The molecule has 4 aliphatic carbocycles. The van der Waals surface area contributed by atoms with E-state index in [2.05, 4.69) is 21.3 Å². The summed E-state index contributed by atoms with van der Waals surface area (Å²) in [6, 6.07) is 4.15. The van der Waals surface area contributed by atoms with Gasteiger partial charge in [-0.1, -0.05) is 0 Å². The molecule has 4 saturated carbocycles. The lowest BCUT2D eigenvalue weighted by atomic mass is 9.49. The van der Waals surface area contributed by atoms with Gasteiger partial charge in [0.05, 0.1) is 11.9 Å². The van der Waals surface area contributed by atoms with Gasteiger partial charge in [0.2, 0.25) is 5.91 Å². The summed E-state index contributed by atoms with van der Waals surface area (Å²) in [5.41, 5.74) is 1.23. The molecule has 4 bridgehead atoms. The number of nitrogens with zero attached hydrogens (tertiary/aromatic N) is 2. The Bertz CT molecular complexity index is 615. The minimum absolute atomic E-state index is 0.00512. The lowest BCUT2D eigenvalue weighted by Crippen LogP contribution is -2.54. The summed E-state index contributed by atoms with van der Waals surface area (Å²) in [5, 5.41) is 3.39. The maximum atomic E-state index is 13.1. The second-order valence-electron chi connectivity index (χ2n) is 9.55. The first-order chi connectivity index (χ1) is 12.7. The maximum Gasteiger partial charge on any atom is 0.226 e. The molecule has 6 rings (SSSR count). The number of piperidine rings is 1.